The molecular weight excluding hydrogens is 380 g/mol. The maximum Gasteiger partial charge on any atom is 0.410 e. The largest absolute Gasteiger partial charge is 0.444 e. The predicted molar refractivity (Wildman–Crippen MR) is 116 cm³/mol. The number of aromatic nitrogens is 2. The van der Waals surface area contributed by atoms with Gasteiger partial charge in [-0.05, 0) is 51.5 Å². The van der Waals surface area contributed by atoms with Crippen LogP contribution in [0.3, 0.4) is 0 Å². The molecule has 0 saturated carbocycles. The molecule has 0 fully saturated rings. The van der Waals surface area contributed by atoms with Gasteiger partial charge in [0.1, 0.15) is 11.3 Å². The summed E-state index contributed by atoms with van der Waals surface area (Å²) in [6, 6.07) is 14.7. The van der Waals surface area contributed by atoms with E-state index in [9.17, 15) is 9.59 Å². The third kappa shape index (κ3) is 5.31. The zero-order valence-corrected chi connectivity index (χ0v) is 17.7. The smallest absolute Gasteiger partial charge is 0.410 e. The summed E-state index contributed by atoms with van der Waals surface area (Å²) in [7, 11) is 0. The normalized spacial score (nSPS) is 11.2. The number of anilines is 1. The molecule has 3 aromatic rings. The topological polar surface area (TPSA) is 84.4 Å². The molecular formula is C23H26N4O3. The van der Waals surface area contributed by atoms with E-state index in [0.29, 0.717) is 24.3 Å². The summed E-state index contributed by atoms with van der Waals surface area (Å²) in [4.78, 5) is 35.5. The molecule has 0 aliphatic heterocycles. The highest BCUT2D eigenvalue weighted by Gasteiger charge is 2.22. The van der Waals surface area contributed by atoms with Crippen molar-refractivity contribution < 1.29 is 14.3 Å². The van der Waals surface area contributed by atoms with Crippen LogP contribution in [0.1, 0.15) is 43.7 Å². The molecule has 0 unspecified atom stereocenters. The van der Waals surface area contributed by atoms with Gasteiger partial charge in [0.05, 0.1) is 23.8 Å². The summed E-state index contributed by atoms with van der Waals surface area (Å²) in [5, 5.41) is 2.89. The zero-order chi connectivity index (χ0) is 21.7. The van der Waals surface area contributed by atoms with Gasteiger partial charge < -0.3 is 15.0 Å². The van der Waals surface area contributed by atoms with E-state index >= 15 is 0 Å². The molecule has 0 saturated heterocycles. The number of hydrogen-bond acceptors (Lipinski definition) is 5. The first-order valence-electron chi connectivity index (χ1n) is 9.86. The van der Waals surface area contributed by atoms with Gasteiger partial charge in [-0.2, -0.15) is 0 Å². The van der Waals surface area contributed by atoms with Crippen LogP contribution in [0.4, 0.5) is 10.5 Å². The number of rotatable bonds is 5. The van der Waals surface area contributed by atoms with Crippen LogP contribution in [-0.2, 0) is 11.3 Å². The van der Waals surface area contributed by atoms with Crippen molar-refractivity contribution in [3.8, 4) is 0 Å². The number of hydrogen-bond donors (Lipinski definition) is 1. The number of ether oxygens (including phenoxy) is 1. The Labute approximate surface area is 176 Å². The molecule has 7 heteroatoms. The van der Waals surface area contributed by atoms with Gasteiger partial charge in [0.25, 0.3) is 5.91 Å². The Morgan fingerprint density at radius 2 is 1.70 bits per heavy atom. The molecule has 0 spiro atoms. The van der Waals surface area contributed by atoms with Crippen LogP contribution in [0.5, 0.6) is 0 Å². The highest BCUT2D eigenvalue weighted by atomic mass is 16.6. The van der Waals surface area contributed by atoms with Crippen LogP contribution < -0.4 is 5.32 Å². The Balaban J connectivity index is 1.78. The Kier molecular flexibility index (Phi) is 6.30. The number of fused-ring (bicyclic) bond motifs is 1. The second-order valence-corrected chi connectivity index (χ2v) is 7.85. The van der Waals surface area contributed by atoms with Crippen molar-refractivity contribution in [2.24, 2.45) is 0 Å². The number of amides is 2. The highest BCUT2D eigenvalue weighted by Crippen LogP contribution is 2.20. The second-order valence-electron chi connectivity index (χ2n) is 7.85. The summed E-state index contributed by atoms with van der Waals surface area (Å²) < 4.78 is 5.48. The zero-order valence-electron chi connectivity index (χ0n) is 17.7. The van der Waals surface area contributed by atoms with E-state index in [1.165, 1.54) is 6.20 Å². The first-order chi connectivity index (χ1) is 14.3. The minimum Gasteiger partial charge on any atom is -0.444 e. The molecule has 1 aromatic heterocycles. The van der Waals surface area contributed by atoms with E-state index in [4.69, 9.17) is 4.74 Å². The lowest BCUT2D eigenvalue weighted by Gasteiger charge is -2.27. The summed E-state index contributed by atoms with van der Waals surface area (Å²) in [5.74, 6) is -0.360. The molecule has 0 bridgehead atoms. The molecule has 30 heavy (non-hydrogen) atoms. The number of nitrogens with one attached hydrogen (secondary N) is 1. The molecule has 0 radical (unpaired) electrons. The maximum atomic E-state index is 12.8. The van der Waals surface area contributed by atoms with Crippen molar-refractivity contribution >= 4 is 28.7 Å². The first-order valence-corrected chi connectivity index (χ1v) is 9.86. The van der Waals surface area contributed by atoms with E-state index in [2.05, 4.69) is 15.3 Å². The molecule has 0 aliphatic rings. The number of para-hydroxylation sites is 3. The van der Waals surface area contributed by atoms with Crippen molar-refractivity contribution in [3.63, 3.8) is 0 Å². The van der Waals surface area contributed by atoms with Crippen molar-refractivity contribution in [1.82, 2.24) is 14.9 Å². The van der Waals surface area contributed by atoms with Crippen LogP contribution in [-0.4, -0.2) is 39.0 Å². The second kappa shape index (κ2) is 8.90. The van der Waals surface area contributed by atoms with Gasteiger partial charge in [-0.15, -0.1) is 0 Å². The number of nitrogens with zero attached hydrogens (tertiary/aromatic N) is 3. The van der Waals surface area contributed by atoms with Crippen LogP contribution in [0.15, 0.2) is 54.7 Å². The molecule has 0 aliphatic carbocycles. The highest BCUT2D eigenvalue weighted by molar-refractivity contribution is 6.03. The molecule has 2 amide bonds. The van der Waals surface area contributed by atoms with E-state index in [1.807, 2.05) is 70.2 Å². The Bertz CT molecular complexity index is 1060. The monoisotopic (exact) mass is 406 g/mol. The molecule has 3 rings (SSSR count). The fraction of sp³-hybridized carbons (Fsp3) is 0.304. The van der Waals surface area contributed by atoms with Gasteiger partial charge in [-0.1, -0.05) is 30.3 Å². The Morgan fingerprint density at radius 1 is 1.03 bits per heavy atom. The van der Waals surface area contributed by atoms with Crippen LogP contribution in [0.2, 0.25) is 0 Å². The van der Waals surface area contributed by atoms with Crippen molar-refractivity contribution in [2.45, 2.75) is 39.8 Å². The lowest BCUT2D eigenvalue weighted by molar-refractivity contribution is 0.0245. The van der Waals surface area contributed by atoms with Crippen molar-refractivity contribution in [3.05, 3.63) is 66.0 Å². The molecule has 1 heterocycles. The Hall–Kier alpha value is -3.48. The van der Waals surface area contributed by atoms with Crippen LogP contribution in [0, 0.1) is 0 Å². The number of benzene rings is 2. The van der Waals surface area contributed by atoms with E-state index < -0.39 is 11.7 Å². The quantitative estimate of drug-likeness (QED) is 0.667. The van der Waals surface area contributed by atoms with Gasteiger partial charge in [0.15, 0.2) is 0 Å². The maximum absolute atomic E-state index is 12.8. The lowest BCUT2D eigenvalue weighted by Crippen LogP contribution is -2.36. The number of carbonyl (C=O) groups is 2. The predicted octanol–water partition coefficient (Wildman–Crippen LogP) is 4.64. The standard InChI is InChI=1S/C23H26N4O3/c1-5-27(22(29)30-23(2,3)4)15-16-10-6-7-11-17(16)26-21(28)20-14-24-18-12-8-9-13-19(18)25-20/h6-14H,5,15H2,1-4H3,(H,26,28). The molecule has 2 aromatic carbocycles. The average Bonchev–Trinajstić information content (AvgIpc) is 2.71. The number of carbonyl (C=O) groups excluding carboxylic acids is 2. The van der Waals surface area contributed by atoms with Gasteiger partial charge in [0, 0.05) is 12.2 Å². The third-order valence-corrected chi connectivity index (χ3v) is 4.34. The van der Waals surface area contributed by atoms with Crippen molar-refractivity contribution in [1.29, 1.82) is 0 Å². The fourth-order valence-electron chi connectivity index (χ4n) is 2.87. The Morgan fingerprint density at radius 3 is 2.40 bits per heavy atom. The van der Waals surface area contributed by atoms with Gasteiger partial charge in [-0.3, -0.25) is 9.78 Å². The van der Waals surface area contributed by atoms with Gasteiger partial charge in [-0.25, -0.2) is 9.78 Å². The van der Waals surface area contributed by atoms with Crippen molar-refractivity contribution in [2.75, 3.05) is 11.9 Å². The van der Waals surface area contributed by atoms with E-state index in [1.54, 1.807) is 11.0 Å². The minimum atomic E-state index is -0.576. The first kappa shape index (κ1) is 21.2. The minimum absolute atomic E-state index is 0.225. The fourth-order valence-corrected chi connectivity index (χ4v) is 2.87. The summed E-state index contributed by atoms with van der Waals surface area (Å²) >= 11 is 0. The summed E-state index contributed by atoms with van der Waals surface area (Å²) in [6.07, 6.45) is 1.06. The molecule has 7 nitrogen and oxygen atoms in total. The van der Waals surface area contributed by atoms with Crippen LogP contribution in [0.25, 0.3) is 11.0 Å². The average molecular weight is 406 g/mol. The van der Waals surface area contributed by atoms with E-state index in [0.717, 1.165) is 11.1 Å². The van der Waals surface area contributed by atoms with Gasteiger partial charge in [0.2, 0.25) is 0 Å². The molecule has 1 N–H and O–H groups in total. The SMILES string of the molecule is CCN(Cc1ccccc1NC(=O)c1cnc2ccccc2n1)C(=O)OC(C)(C)C. The molecule has 0 atom stereocenters. The van der Waals surface area contributed by atoms with E-state index in [-0.39, 0.29) is 11.6 Å². The molecule has 156 valence electrons. The summed E-state index contributed by atoms with van der Waals surface area (Å²) in [6.45, 7) is 8.17. The third-order valence-electron chi connectivity index (χ3n) is 4.34. The summed E-state index contributed by atoms with van der Waals surface area (Å²) in [5.41, 5.74) is 2.44. The van der Waals surface area contributed by atoms with Gasteiger partial charge >= 0.3 is 6.09 Å². The lowest BCUT2D eigenvalue weighted by atomic mass is 10.1. The van der Waals surface area contributed by atoms with Crippen LogP contribution >= 0.6 is 0 Å².